The van der Waals surface area contributed by atoms with E-state index in [0.29, 0.717) is 5.75 Å². The molecule has 154 valence electrons. The molecule has 4 rings (SSSR count). The summed E-state index contributed by atoms with van der Waals surface area (Å²) in [5, 5.41) is 9.22. The predicted octanol–water partition coefficient (Wildman–Crippen LogP) is 5.73. The molecule has 0 atom stereocenters. The molecular formula is C25H20N2O4. The summed E-state index contributed by atoms with van der Waals surface area (Å²) in [7, 11) is 1.62. The number of carboxylic acids is 1. The van der Waals surface area contributed by atoms with Gasteiger partial charge < -0.3 is 19.1 Å². The summed E-state index contributed by atoms with van der Waals surface area (Å²) in [6, 6.07) is 25.4. The number of aromatic carboxylic acids is 1. The Balaban J connectivity index is 1.48. The quantitative estimate of drug-likeness (QED) is 0.394. The number of benzene rings is 3. The fourth-order valence-electron chi connectivity index (χ4n) is 3.04. The standard InChI is InChI=1S/C25H20N2O4/c1-30-22-11-13-24(14-12-22)31-23-9-7-19(8-10-23)26-17-21-6-3-15-27(21)20-5-2-4-18(16-20)25(28)29/h2-17H,1H3,(H,28,29). The van der Waals surface area contributed by atoms with E-state index in [2.05, 4.69) is 4.99 Å². The second-order valence-corrected chi connectivity index (χ2v) is 6.69. The summed E-state index contributed by atoms with van der Waals surface area (Å²) in [6.45, 7) is 0. The lowest BCUT2D eigenvalue weighted by atomic mass is 10.2. The van der Waals surface area contributed by atoms with E-state index >= 15 is 0 Å². The number of carboxylic acid groups (broad SMARTS) is 1. The Kier molecular flexibility index (Phi) is 5.80. The number of carbonyl (C=O) groups is 1. The highest BCUT2D eigenvalue weighted by molar-refractivity contribution is 5.88. The first-order valence-electron chi connectivity index (χ1n) is 9.59. The number of hydrogen-bond donors (Lipinski definition) is 1. The minimum atomic E-state index is -0.957. The molecule has 0 amide bonds. The van der Waals surface area contributed by atoms with Crippen LogP contribution in [0.5, 0.6) is 17.2 Å². The van der Waals surface area contributed by atoms with Crippen molar-refractivity contribution >= 4 is 17.9 Å². The van der Waals surface area contributed by atoms with Crippen LogP contribution in [0.4, 0.5) is 5.69 Å². The summed E-state index contributed by atoms with van der Waals surface area (Å²) >= 11 is 0. The summed E-state index contributed by atoms with van der Waals surface area (Å²) in [4.78, 5) is 15.8. The molecule has 0 fully saturated rings. The lowest BCUT2D eigenvalue weighted by Gasteiger charge is -2.08. The summed E-state index contributed by atoms with van der Waals surface area (Å²) in [5.74, 6) is 1.24. The Morgan fingerprint density at radius 1 is 0.903 bits per heavy atom. The third-order valence-corrected chi connectivity index (χ3v) is 4.63. The molecule has 4 aromatic rings. The van der Waals surface area contributed by atoms with Crippen LogP contribution >= 0.6 is 0 Å². The van der Waals surface area contributed by atoms with Gasteiger partial charge in [-0.2, -0.15) is 0 Å². The molecule has 31 heavy (non-hydrogen) atoms. The van der Waals surface area contributed by atoms with Crippen molar-refractivity contribution < 1.29 is 19.4 Å². The van der Waals surface area contributed by atoms with E-state index in [4.69, 9.17) is 9.47 Å². The van der Waals surface area contributed by atoms with Crippen LogP contribution in [0.3, 0.4) is 0 Å². The molecule has 0 saturated heterocycles. The molecule has 1 aromatic heterocycles. The summed E-state index contributed by atoms with van der Waals surface area (Å²) in [5.41, 5.74) is 2.60. The molecule has 0 saturated carbocycles. The maximum absolute atomic E-state index is 11.2. The van der Waals surface area contributed by atoms with Gasteiger partial charge in [0.1, 0.15) is 17.2 Å². The first-order valence-corrected chi connectivity index (χ1v) is 9.59. The van der Waals surface area contributed by atoms with Gasteiger partial charge in [-0.1, -0.05) is 6.07 Å². The van der Waals surface area contributed by atoms with Crippen LogP contribution < -0.4 is 9.47 Å². The molecular weight excluding hydrogens is 392 g/mol. The van der Waals surface area contributed by atoms with Crippen molar-refractivity contribution in [3.05, 3.63) is 102 Å². The molecule has 0 aliphatic heterocycles. The van der Waals surface area contributed by atoms with Crippen molar-refractivity contribution in [1.29, 1.82) is 0 Å². The second kappa shape index (κ2) is 9.00. The van der Waals surface area contributed by atoms with Crippen LogP contribution in [-0.4, -0.2) is 29.0 Å². The zero-order chi connectivity index (χ0) is 21.6. The average molecular weight is 412 g/mol. The van der Waals surface area contributed by atoms with E-state index < -0.39 is 5.97 Å². The molecule has 1 heterocycles. The molecule has 3 aromatic carbocycles. The topological polar surface area (TPSA) is 73.0 Å². The maximum Gasteiger partial charge on any atom is 0.335 e. The molecule has 0 aliphatic rings. The van der Waals surface area contributed by atoms with E-state index in [-0.39, 0.29) is 5.56 Å². The minimum Gasteiger partial charge on any atom is -0.497 e. The van der Waals surface area contributed by atoms with E-state index in [1.807, 2.05) is 77.5 Å². The van der Waals surface area contributed by atoms with Crippen LogP contribution in [0.2, 0.25) is 0 Å². The molecule has 0 spiro atoms. The van der Waals surface area contributed by atoms with Crippen molar-refractivity contribution in [2.45, 2.75) is 0 Å². The zero-order valence-electron chi connectivity index (χ0n) is 16.8. The first-order chi connectivity index (χ1) is 15.1. The minimum absolute atomic E-state index is 0.238. The molecule has 6 nitrogen and oxygen atoms in total. The van der Waals surface area contributed by atoms with Gasteiger partial charge in [-0.05, 0) is 78.9 Å². The molecule has 1 N–H and O–H groups in total. The van der Waals surface area contributed by atoms with Gasteiger partial charge in [0.2, 0.25) is 0 Å². The van der Waals surface area contributed by atoms with Crippen LogP contribution in [0, 0.1) is 0 Å². The Morgan fingerprint density at radius 3 is 2.26 bits per heavy atom. The Labute approximate surface area is 179 Å². The average Bonchev–Trinajstić information content (AvgIpc) is 3.28. The third kappa shape index (κ3) is 4.82. The van der Waals surface area contributed by atoms with Gasteiger partial charge in [0, 0.05) is 11.9 Å². The van der Waals surface area contributed by atoms with Gasteiger partial charge in [-0.15, -0.1) is 0 Å². The third-order valence-electron chi connectivity index (χ3n) is 4.63. The molecule has 0 aliphatic carbocycles. The Hall–Kier alpha value is -4.32. The SMILES string of the molecule is COc1ccc(Oc2ccc(N=Cc3cccn3-c3cccc(C(=O)O)c3)cc2)cc1. The maximum atomic E-state index is 11.2. The molecule has 0 unspecified atom stereocenters. The fourth-order valence-corrected chi connectivity index (χ4v) is 3.04. The van der Waals surface area contributed by atoms with E-state index in [9.17, 15) is 9.90 Å². The lowest BCUT2D eigenvalue weighted by Crippen LogP contribution is -2.01. The number of methoxy groups -OCH3 is 1. The van der Waals surface area contributed by atoms with Gasteiger partial charge in [0.15, 0.2) is 0 Å². The highest BCUT2D eigenvalue weighted by Gasteiger charge is 2.06. The summed E-state index contributed by atoms with van der Waals surface area (Å²) < 4.78 is 12.9. The Morgan fingerprint density at radius 2 is 1.58 bits per heavy atom. The first kappa shape index (κ1) is 20.0. The number of aliphatic imine (C=N–C) groups is 1. The van der Waals surface area contributed by atoms with Crippen LogP contribution in [0.15, 0.2) is 96.1 Å². The zero-order valence-corrected chi connectivity index (χ0v) is 16.8. The monoisotopic (exact) mass is 412 g/mol. The number of aromatic nitrogens is 1. The smallest absolute Gasteiger partial charge is 0.335 e. The number of ether oxygens (including phenoxy) is 2. The number of nitrogens with zero attached hydrogens (tertiary/aromatic N) is 2. The van der Waals surface area contributed by atoms with Crippen molar-refractivity contribution in [2.75, 3.05) is 7.11 Å². The second-order valence-electron chi connectivity index (χ2n) is 6.69. The van der Waals surface area contributed by atoms with Crippen molar-refractivity contribution in [3.63, 3.8) is 0 Å². The predicted molar refractivity (Wildman–Crippen MR) is 119 cm³/mol. The van der Waals surface area contributed by atoms with Crippen molar-refractivity contribution in [2.24, 2.45) is 4.99 Å². The largest absolute Gasteiger partial charge is 0.497 e. The van der Waals surface area contributed by atoms with Gasteiger partial charge in [0.05, 0.1) is 30.3 Å². The van der Waals surface area contributed by atoms with Gasteiger partial charge in [-0.25, -0.2) is 4.79 Å². The van der Waals surface area contributed by atoms with Gasteiger partial charge in [0.25, 0.3) is 0 Å². The fraction of sp³-hybridized carbons (Fsp3) is 0.0400. The molecule has 0 radical (unpaired) electrons. The number of rotatable bonds is 7. The highest BCUT2D eigenvalue weighted by atomic mass is 16.5. The Bertz CT molecular complexity index is 1210. The van der Waals surface area contributed by atoms with Gasteiger partial charge >= 0.3 is 5.97 Å². The van der Waals surface area contributed by atoms with E-state index in [1.165, 1.54) is 0 Å². The van der Waals surface area contributed by atoms with E-state index in [0.717, 1.165) is 28.6 Å². The highest BCUT2D eigenvalue weighted by Crippen LogP contribution is 2.26. The van der Waals surface area contributed by atoms with Crippen molar-refractivity contribution in [3.8, 4) is 22.9 Å². The van der Waals surface area contributed by atoms with E-state index in [1.54, 1.807) is 31.5 Å². The van der Waals surface area contributed by atoms with Crippen LogP contribution in [0.1, 0.15) is 16.1 Å². The van der Waals surface area contributed by atoms with Gasteiger partial charge in [-0.3, -0.25) is 4.99 Å². The normalized spacial score (nSPS) is 10.9. The molecule has 0 bridgehead atoms. The molecule has 6 heteroatoms. The number of hydrogen-bond acceptors (Lipinski definition) is 4. The van der Waals surface area contributed by atoms with Crippen LogP contribution in [0.25, 0.3) is 5.69 Å². The summed E-state index contributed by atoms with van der Waals surface area (Å²) in [6.07, 6.45) is 3.61. The van der Waals surface area contributed by atoms with Crippen molar-refractivity contribution in [1.82, 2.24) is 4.57 Å². The lowest BCUT2D eigenvalue weighted by molar-refractivity contribution is 0.0697. The van der Waals surface area contributed by atoms with Crippen LogP contribution in [-0.2, 0) is 0 Å².